The number of anilines is 1. The van der Waals surface area contributed by atoms with Crippen LogP contribution in [-0.2, 0) is 16.1 Å². The Labute approximate surface area is 161 Å². The minimum atomic E-state index is -0.499. The fourth-order valence-electron chi connectivity index (χ4n) is 2.67. The monoisotopic (exact) mass is 368 g/mol. The molecule has 5 heteroatoms. The van der Waals surface area contributed by atoms with Crippen molar-refractivity contribution in [2.45, 2.75) is 32.9 Å². The third-order valence-electron chi connectivity index (χ3n) is 4.22. The number of ether oxygens (including phenoxy) is 1. The molecule has 0 aliphatic rings. The van der Waals surface area contributed by atoms with Gasteiger partial charge in [-0.1, -0.05) is 36.4 Å². The molecule has 144 valence electrons. The normalized spacial score (nSPS) is 11.0. The number of esters is 1. The van der Waals surface area contributed by atoms with Gasteiger partial charge in [0.1, 0.15) is 0 Å². The Morgan fingerprint density at radius 1 is 0.963 bits per heavy atom. The maximum Gasteiger partial charge on any atom is 0.338 e. The van der Waals surface area contributed by atoms with Gasteiger partial charge in [-0.25, -0.2) is 4.79 Å². The van der Waals surface area contributed by atoms with Crippen molar-refractivity contribution in [3.63, 3.8) is 0 Å². The van der Waals surface area contributed by atoms with Gasteiger partial charge in [0.15, 0.2) is 6.61 Å². The van der Waals surface area contributed by atoms with Crippen LogP contribution in [0.15, 0.2) is 54.6 Å². The summed E-state index contributed by atoms with van der Waals surface area (Å²) in [4.78, 5) is 28.7. The van der Waals surface area contributed by atoms with E-state index in [9.17, 15) is 9.59 Å². The predicted octanol–water partition coefficient (Wildman–Crippen LogP) is 3.74. The van der Waals surface area contributed by atoms with Crippen molar-refractivity contribution in [2.75, 3.05) is 25.6 Å². The summed E-state index contributed by atoms with van der Waals surface area (Å²) in [5, 5.41) is 0. The van der Waals surface area contributed by atoms with E-state index in [1.165, 1.54) is 0 Å². The van der Waals surface area contributed by atoms with Crippen molar-refractivity contribution in [1.29, 1.82) is 0 Å². The van der Waals surface area contributed by atoms with E-state index in [4.69, 9.17) is 4.74 Å². The summed E-state index contributed by atoms with van der Waals surface area (Å²) in [5.74, 6) is -0.718. The maximum absolute atomic E-state index is 12.7. The van der Waals surface area contributed by atoms with E-state index in [0.29, 0.717) is 12.1 Å². The first-order valence-electron chi connectivity index (χ1n) is 8.97. The highest BCUT2D eigenvalue weighted by Crippen LogP contribution is 2.18. The molecular weight excluding hydrogens is 340 g/mol. The fraction of sp³-hybridized carbons (Fsp3) is 0.364. The molecule has 0 aliphatic carbocycles. The lowest BCUT2D eigenvalue weighted by Gasteiger charge is -2.35. The lowest BCUT2D eigenvalue weighted by Crippen LogP contribution is -2.46. The summed E-state index contributed by atoms with van der Waals surface area (Å²) in [5.41, 5.74) is 1.98. The van der Waals surface area contributed by atoms with Gasteiger partial charge in [-0.05, 0) is 44.5 Å². The zero-order valence-electron chi connectivity index (χ0n) is 16.7. The second-order valence-electron chi connectivity index (χ2n) is 7.66. The Balaban J connectivity index is 2.04. The maximum atomic E-state index is 12.7. The van der Waals surface area contributed by atoms with E-state index >= 15 is 0 Å². The molecule has 2 aromatic rings. The van der Waals surface area contributed by atoms with Gasteiger partial charge in [-0.3, -0.25) is 4.79 Å². The van der Waals surface area contributed by atoms with E-state index < -0.39 is 5.97 Å². The zero-order valence-corrected chi connectivity index (χ0v) is 16.7. The van der Waals surface area contributed by atoms with Gasteiger partial charge in [0.05, 0.1) is 5.56 Å². The topological polar surface area (TPSA) is 49.9 Å². The summed E-state index contributed by atoms with van der Waals surface area (Å²) in [7, 11) is 3.80. The highest BCUT2D eigenvalue weighted by Gasteiger charge is 2.27. The van der Waals surface area contributed by atoms with Gasteiger partial charge < -0.3 is 14.5 Å². The molecule has 2 rings (SSSR count). The summed E-state index contributed by atoms with van der Waals surface area (Å²) in [6, 6.07) is 16.9. The van der Waals surface area contributed by atoms with Crippen LogP contribution < -0.4 is 4.90 Å². The van der Waals surface area contributed by atoms with Crippen LogP contribution in [-0.4, -0.2) is 43.0 Å². The van der Waals surface area contributed by atoms with Crippen LogP contribution in [0.4, 0.5) is 5.69 Å². The standard InChI is InChI=1S/C22H28N2O3/c1-22(2,3)24(15-17-10-7-6-8-11-17)20(25)16-27-21(26)18-12-9-13-19(14-18)23(4)5/h6-14H,15-16H2,1-5H3. The SMILES string of the molecule is CN(C)c1cccc(C(=O)OCC(=O)N(Cc2ccccc2)C(C)(C)C)c1. The first kappa shape index (κ1) is 20.5. The van der Waals surface area contributed by atoms with Crippen molar-refractivity contribution in [2.24, 2.45) is 0 Å². The quantitative estimate of drug-likeness (QED) is 0.729. The molecular formula is C22H28N2O3. The Kier molecular flexibility index (Phi) is 6.61. The van der Waals surface area contributed by atoms with E-state index in [0.717, 1.165) is 11.3 Å². The van der Waals surface area contributed by atoms with Crippen molar-refractivity contribution in [3.05, 3.63) is 65.7 Å². The van der Waals surface area contributed by atoms with Crippen molar-refractivity contribution < 1.29 is 14.3 Å². The van der Waals surface area contributed by atoms with Crippen molar-refractivity contribution in [3.8, 4) is 0 Å². The molecule has 0 N–H and O–H groups in total. The van der Waals surface area contributed by atoms with E-state index in [2.05, 4.69) is 0 Å². The third kappa shape index (κ3) is 5.84. The van der Waals surface area contributed by atoms with Gasteiger partial charge in [-0.2, -0.15) is 0 Å². The van der Waals surface area contributed by atoms with Gasteiger partial charge >= 0.3 is 5.97 Å². The molecule has 0 radical (unpaired) electrons. The van der Waals surface area contributed by atoms with E-state index in [1.807, 2.05) is 76.2 Å². The molecule has 0 unspecified atom stereocenters. The van der Waals surface area contributed by atoms with Crippen LogP contribution in [0.2, 0.25) is 0 Å². The van der Waals surface area contributed by atoms with Gasteiger partial charge in [-0.15, -0.1) is 0 Å². The molecule has 0 saturated carbocycles. The van der Waals surface area contributed by atoms with Gasteiger partial charge in [0.2, 0.25) is 0 Å². The molecule has 0 heterocycles. The van der Waals surface area contributed by atoms with Crippen LogP contribution in [0.1, 0.15) is 36.7 Å². The summed E-state index contributed by atoms with van der Waals surface area (Å²) >= 11 is 0. The molecule has 0 spiro atoms. The molecule has 2 aromatic carbocycles. The molecule has 0 fully saturated rings. The fourth-order valence-corrected chi connectivity index (χ4v) is 2.67. The molecule has 5 nitrogen and oxygen atoms in total. The summed E-state index contributed by atoms with van der Waals surface area (Å²) < 4.78 is 5.29. The van der Waals surface area contributed by atoms with Crippen LogP contribution in [0.25, 0.3) is 0 Å². The van der Waals surface area contributed by atoms with E-state index in [1.54, 1.807) is 23.1 Å². The Morgan fingerprint density at radius 3 is 2.22 bits per heavy atom. The number of carbonyl (C=O) groups excluding carboxylic acids is 2. The van der Waals surface area contributed by atoms with Crippen LogP contribution >= 0.6 is 0 Å². The molecule has 0 atom stereocenters. The smallest absolute Gasteiger partial charge is 0.338 e. The first-order chi connectivity index (χ1) is 12.7. The van der Waals surface area contributed by atoms with E-state index in [-0.39, 0.29) is 18.1 Å². The Bertz CT molecular complexity index is 780. The number of amides is 1. The lowest BCUT2D eigenvalue weighted by molar-refractivity contribution is -0.140. The zero-order chi connectivity index (χ0) is 20.0. The molecule has 0 bridgehead atoms. The summed E-state index contributed by atoms with van der Waals surface area (Å²) in [6.07, 6.45) is 0. The lowest BCUT2D eigenvalue weighted by atomic mass is 10.0. The molecule has 0 aromatic heterocycles. The van der Waals surface area contributed by atoms with Crippen LogP contribution in [0.3, 0.4) is 0 Å². The molecule has 27 heavy (non-hydrogen) atoms. The predicted molar refractivity (Wildman–Crippen MR) is 108 cm³/mol. The van der Waals surface area contributed by atoms with Gasteiger partial charge in [0, 0.05) is 31.9 Å². The third-order valence-corrected chi connectivity index (χ3v) is 4.22. The molecule has 0 aliphatic heterocycles. The largest absolute Gasteiger partial charge is 0.452 e. The van der Waals surface area contributed by atoms with Crippen LogP contribution in [0.5, 0.6) is 0 Å². The average Bonchev–Trinajstić information content (AvgIpc) is 2.64. The second kappa shape index (κ2) is 8.71. The van der Waals surface area contributed by atoms with Gasteiger partial charge in [0.25, 0.3) is 5.91 Å². The number of nitrogens with zero attached hydrogens (tertiary/aromatic N) is 2. The number of hydrogen-bond acceptors (Lipinski definition) is 4. The number of benzene rings is 2. The highest BCUT2D eigenvalue weighted by molar-refractivity contribution is 5.92. The van der Waals surface area contributed by atoms with Crippen LogP contribution in [0, 0.1) is 0 Å². The Hall–Kier alpha value is -2.82. The number of hydrogen-bond donors (Lipinski definition) is 0. The minimum absolute atomic E-state index is 0.219. The van der Waals surface area contributed by atoms with Crippen molar-refractivity contribution >= 4 is 17.6 Å². The van der Waals surface area contributed by atoms with Crippen molar-refractivity contribution in [1.82, 2.24) is 4.90 Å². The number of carbonyl (C=O) groups is 2. The highest BCUT2D eigenvalue weighted by atomic mass is 16.5. The minimum Gasteiger partial charge on any atom is -0.452 e. The Morgan fingerprint density at radius 2 is 1.63 bits per heavy atom. The number of rotatable bonds is 6. The molecule has 0 saturated heterocycles. The summed E-state index contributed by atoms with van der Waals surface area (Å²) in [6.45, 7) is 6.09. The first-order valence-corrected chi connectivity index (χ1v) is 8.97. The second-order valence-corrected chi connectivity index (χ2v) is 7.66. The average molecular weight is 368 g/mol. The molecule has 1 amide bonds.